The van der Waals surface area contributed by atoms with Crippen molar-refractivity contribution in [2.45, 2.75) is 20.0 Å². The smallest absolute Gasteiger partial charge is 0.124 e. The summed E-state index contributed by atoms with van der Waals surface area (Å²) in [5.41, 5.74) is 0.862. The minimum atomic E-state index is 0.0416. The van der Waals surface area contributed by atoms with Gasteiger partial charge in [0, 0.05) is 5.56 Å². The van der Waals surface area contributed by atoms with Crippen molar-refractivity contribution in [1.29, 1.82) is 0 Å². The Morgan fingerprint density at radius 3 is 2.87 bits per heavy atom. The highest BCUT2D eigenvalue weighted by atomic mass is 32.2. The summed E-state index contributed by atoms with van der Waals surface area (Å²) in [6, 6.07) is 7.62. The Hall–Kier alpha value is -0.670. The Kier molecular flexibility index (Phi) is 6.28. The Bertz CT molecular complexity index is 276. The van der Waals surface area contributed by atoms with Crippen LogP contribution in [0.2, 0.25) is 0 Å². The van der Waals surface area contributed by atoms with Gasteiger partial charge in [0.05, 0.1) is 13.2 Å². The van der Waals surface area contributed by atoms with Crippen molar-refractivity contribution in [3.05, 3.63) is 29.8 Å². The maximum atomic E-state index is 9.08. The van der Waals surface area contributed by atoms with E-state index in [2.05, 4.69) is 6.92 Å². The van der Waals surface area contributed by atoms with Crippen LogP contribution in [0.25, 0.3) is 0 Å². The van der Waals surface area contributed by atoms with Gasteiger partial charge in [-0.1, -0.05) is 25.1 Å². The van der Waals surface area contributed by atoms with E-state index < -0.39 is 0 Å². The Morgan fingerprint density at radius 2 is 2.13 bits per heavy atom. The second kappa shape index (κ2) is 7.60. The van der Waals surface area contributed by atoms with Gasteiger partial charge < -0.3 is 9.84 Å². The average molecular weight is 226 g/mol. The van der Waals surface area contributed by atoms with Crippen LogP contribution in [-0.2, 0) is 6.61 Å². The zero-order chi connectivity index (χ0) is 10.9. The van der Waals surface area contributed by atoms with Crippen molar-refractivity contribution in [2.75, 3.05) is 18.1 Å². The lowest BCUT2D eigenvalue weighted by atomic mass is 10.2. The second-order valence-corrected chi connectivity index (χ2v) is 4.56. The predicted molar refractivity (Wildman–Crippen MR) is 65.5 cm³/mol. The summed E-state index contributed by atoms with van der Waals surface area (Å²) in [6.07, 6.45) is 1.05. The molecule has 0 saturated heterocycles. The molecule has 3 heteroatoms. The molecule has 0 aromatic heterocycles. The van der Waals surface area contributed by atoms with E-state index in [9.17, 15) is 0 Å². The summed E-state index contributed by atoms with van der Waals surface area (Å²) in [5.74, 6) is 3.10. The first-order valence-electron chi connectivity index (χ1n) is 5.27. The molecule has 1 aromatic rings. The molecule has 0 aliphatic carbocycles. The molecule has 0 atom stereocenters. The van der Waals surface area contributed by atoms with Crippen molar-refractivity contribution in [3.63, 3.8) is 0 Å². The van der Waals surface area contributed by atoms with Gasteiger partial charge in [0.15, 0.2) is 0 Å². The summed E-state index contributed by atoms with van der Waals surface area (Å²) in [5, 5.41) is 9.08. The summed E-state index contributed by atoms with van der Waals surface area (Å²) in [7, 11) is 0. The monoisotopic (exact) mass is 226 g/mol. The van der Waals surface area contributed by atoms with Crippen LogP contribution in [0.3, 0.4) is 0 Å². The van der Waals surface area contributed by atoms with Crippen molar-refractivity contribution in [1.82, 2.24) is 0 Å². The third-order valence-electron chi connectivity index (χ3n) is 2.04. The maximum Gasteiger partial charge on any atom is 0.124 e. The summed E-state index contributed by atoms with van der Waals surface area (Å²) in [4.78, 5) is 0. The van der Waals surface area contributed by atoms with Gasteiger partial charge in [0.2, 0.25) is 0 Å². The number of ether oxygens (including phenoxy) is 1. The van der Waals surface area contributed by atoms with Gasteiger partial charge in [-0.25, -0.2) is 0 Å². The van der Waals surface area contributed by atoms with E-state index in [1.807, 2.05) is 36.0 Å². The molecule has 0 aliphatic rings. The average Bonchev–Trinajstić information content (AvgIpc) is 2.29. The Balaban J connectivity index is 2.30. The molecule has 0 aliphatic heterocycles. The van der Waals surface area contributed by atoms with Gasteiger partial charge in [0.25, 0.3) is 0 Å². The van der Waals surface area contributed by atoms with Crippen molar-refractivity contribution >= 4 is 11.8 Å². The van der Waals surface area contributed by atoms with Crippen molar-refractivity contribution in [2.24, 2.45) is 0 Å². The number of hydrogen-bond donors (Lipinski definition) is 1. The van der Waals surface area contributed by atoms with E-state index >= 15 is 0 Å². The molecular formula is C12H18O2S. The molecule has 2 nitrogen and oxygen atoms in total. The molecule has 1 rings (SSSR count). The van der Waals surface area contributed by atoms with E-state index in [4.69, 9.17) is 9.84 Å². The quantitative estimate of drug-likeness (QED) is 0.725. The van der Waals surface area contributed by atoms with E-state index in [1.165, 1.54) is 0 Å². The summed E-state index contributed by atoms with van der Waals surface area (Å²) in [6.45, 7) is 2.93. The normalized spacial score (nSPS) is 10.3. The Morgan fingerprint density at radius 1 is 1.33 bits per heavy atom. The summed E-state index contributed by atoms with van der Waals surface area (Å²) < 4.78 is 5.60. The second-order valence-electron chi connectivity index (χ2n) is 3.16. The van der Waals surface area contributed by atoms with Crippen LogP contribution in [0.4, 0.5) is 0 Å². The molecule has 0 fully saturated rings. The van der Waals surface area contributed by atoms with Crippen LogP contribution >= 0.6 is 11.8 Å². The number of para-hydroxylation sites is 1. The van der Waals surface area contributed by atoms with Crippen LogP contribution in [0.5, 0.6) is 5.75 Å². The minimum Gasteiger partial charge on any atom is -0.493 e. The van der Waals surface area contributed by atoms with Crippen LogP contribution in [0.15, 0.2) is 24.3 Å². The molecule has 0 spiro atoms. The standard InChI is InChI=1S/C12H18O2S/c1-2-15-9-5-8-14-12-7-4-3-6-11(12)10-13/h3-4,6-7,13H,2,5,8-10H2,1H3. The first kappa shape index (κ1) is 12.4. The van der Waals surface area contributed by atoms with Crippen molar-refractivity contribution in [3.8, 4) is 5.75 Å². The number of aliphatic hydroxyl groups is 1. The fraction of sp³-hybridized carbons (Fsp3) is 0.500. The third-order valence-corrected chi connectivity index (χ3v) is 3.02. The van der Waals surface area contributed by atoms with Crippen LogP contribution in [-0.4, -0.2) is 23.2 Å². The van der Waals surface area contributed by atoms with Gasteiger partial charge in [-0.05, 0) is 24.0 Å². The highest BCUT2D eigenvalue weighted by Crippen LogP contribution is 2.17. The molecule has 1 N–H and O–H groups in total. The number of benzene rings is 1. The van der Waals surface area contributed by atoms with Crippen LogP contribution in [0, 0.1) is 0 Å². The first-order valence-corrected chi connectivity index (χ1v) is 6.43. The SMILES string of the molecule is CCSCCCOc1ccccc1CO. The largest absolute Gasteiger partial charge is 0.493 e. The fourth-order valence-corrected chi connectivity index (χ4v) is 1.87. The molecule has 1 aromatic carbocycles. The molecule has 0 heterocycles. The van der Waals surface area contributed by atoms with E-state index in [1.54, 1.807) is 0 Å². The van der Waals surface area contributed by atoms with Crippen molar-refractivity contribution < 1.29 is 9.84 Å². The number of thioether (sulfide) groups is 1. The molecular weight excluding hydrogens is 208 g/mol. The minimum absolute atomic E-state index is 0.0416. The molecule has 0 amide bonds. The van der Waals surface area contributed by atoms with Gasteiger partial charge >= 0.3 is 0 Å². The lowest BCUT2D eigenvalue weighted by molar-refractivity contribution is 0.263. The third kappa shape index (κ3) is 4.58. The van der Waals surface area contributed by atoms with E-state index in [0.717, 1.165) is 35.8 Å². The van der Waals surface area contributed by atoms with E-state index in [0.29, 0.717) is 0 Å². The molecule has 15 heavy (non-hydrogen) atoms. The maximum absolute atomic E-state index is 9.08. The van der Waals surface area contributed by atoms with Gasteiger partial charge in [-0.2, -0.15) is 11.8 Å². The number of aliphatic hydroxyl groups excluding tert-OH is 1. The molecule has 0 radical (unpaired) electrons. The van der Waals surface area contributed by atoms with Gasteiger partial charge in [0.1, 0.15) is 5.75 Å². The molecule has 0 bridgehead atoms. The molecule has 0 saturated carbocycles. The van der Waals surface area contributed by atoms with Crippen LogP contribution in [0.1, 0.15) is 18.9 Å². The lowest BCUT2D eigenvalue weighted by Crippen LogP contribution is -2.01. The zero-order valence-corrected chi connectivity index (χ0v) is 9.93. The number of rotatable bonds is 7. The fourth-order valence-electron chi connectivity index (χ4n) is 1.26. The van der Waals surface area contributed by atoms with Gasteiger partial charge in [-0.15, -0.1) is 0 Å². The molecule has 0 unspecified atom stereocenters. The van der Waals surface area contributed by atoms with Gasteiger partial charge in [-0.3, -0.25) is 0 Å². The highest BCUT2D eigenvalue weighted by Gasteiger charge is 2.00. The first-order chi connectivity index (χ1) is 7.38. The topological polar surface area (TPSA) is 29.5 Å². The lowest BCUT2D eigenvalue weighted by Gasteiger charge is -2.09. The number of hydrogen-bond acceptors (Lipinski definition) is 3. The summed E-state index contributed by atoms with van der Waals surface area (Å²) >= 11 is 1.92. The highest BCUT2D eigenvalue weighted by molar-refractivity contribution is 7.99. The van der Waals surface area contributed by atoms with Crippen LogP contribution < -0.4 is 4.74 Å². The Labute approximate surface area is 95.7 Å². The zero-order valence-electron chi connectivity index (χ0n) is 9.11. The van der Waals surface area contributed by atoms with E-state index in [-0.39, 0.29) is 6.61 Å². The predicted octanol–water partition coefficient (Wildman–Crippen LogP) is 2.70. The molecule has 84 valence electrons.